The van der Waals surface area contributed by atoms with Gasteiger partial charge in [0, 0.05) is 18.8 Å². The first-order chi connectivity index (χ1) is 18.0. The van der Waals surface area contributed by atoms with E-state index in [-0.39, 0.29) is 36.3 Å². The number of carboxylic acid groups (broad SMARTS) is 1. The molecule has 6 nitrogen and oxygen atoms in total. The lowest BCUT2D eigenvalue weighted by atomic mass is 9.97. The molecular formula is C31H36N2O4. The molecular weight excluding hydrogens is 464 g/mol. The van der Waals surface area contributed by atoms with Gasteiger partial charge in [-0.2, -0.15) is 0 Å². The third-order valence-corrected chi connectivity index (χ3v) is 6.80. The molecule has 0 aliphatic carbocycles. The second kappa shape index (κ2) is 12.9. The highest BCUT2D eigenvalue weighted by molar-refractivity contribution is 5.91. The van der Waals surface area contributed by atoms with Gasteiger partial charge in [-0.25, -0.2) is 4.79 Å². The van der Waals surface area contributed by atoms with Crippen LogP contribution in [0.1, 0.15) is 72.1 Å². The molecule has 194 valence electrons. The maximum atomic E-state index is 13.2. The Bertz CT molecular complexity index is 1190. The van der Waals surface area contributed by atoms with Crippen LogP contribution >= 0.6 is 0 Å². The van der Waals surface area contributed by atoms with Crippen molar-refractivity contribution in [3.8, 4) is 5.75 Å². The Morgan fingerprint density at radius 3 is 2.41 bits per heavy atom. The van der Waals surface area contributed by atoms with Gasteiger partial charge >= 0.3 is 5.97 Å². The van der Waals surface area contributed by atoms with Crippen molar-refractivity contribution in [2.75, 3.05) is 18.0 Å². The Balaban J connectivity index is 1.48. The summed E-state index contributed by atoms with van der Waals surface area (Å²) in [5.74, 6) is -0.887. The van der Waals surface area contributed by atoms with E-state index >= 15 is 0 Å². The van der Waals surface area contributed by atoms with Crippen LogP contribution in [0.15, 0.2) is 72.8 Å². The zero-order chi connectivity index (χ0) is 26.0. The van der Waals surface area contributed by atoms with E-state index < -0.39 is 5.97 Å². The van der Waals surface area contributed by atoms with Gasteiger partial charge in [0.05, 0.1) is 12.5 Å². The van der Waals surface area contributed by atoms with Crippen molar-refractivity contribution in [1.82, 2.24) is 5.32 Å². The SMILES string of the molecule is CCCC(NC(=O)Cc1ccc(C(=O)O)c(OCc2ccccc2)c1)c1ccccc1N1CCCCC1. The number of hydrogen-bond acceptors (Lipinski definition) is 4. The molecule has 6 heteroatoms. The molecule has 0 radical (unpaired) electrons. The Morgan fingerprint density at radius 1 is 0.946 bits per heavy atom. The minimum absolute atomic E-state index is 0.0808. The smallest absolute Gasteiger partial charge is 0.339 e. The number of nitrogens with zero attached hydrogens (tertiary/aromatic N) is 1. The Labute approximate surface area is 219 Å². The van der Waals surface area contributed by atoms with E-state index in [1.165, 1.54) is 31.0 Å². The molecule has 3 aromatic carbocycles. The molecule has 1 saturated heterocycles. The highest BCUT2D eigenvalue weighted by atomic mass is 16.5. The van der Waals surface area contributed by atoms with E-state index in [1.807, 2.05) is 36.4 Å². The summed E-state index contributed by atoms with van der Waals surface area (Å²) >= 11 is 0. The number of aromatic carboxylic acids is 1. The molecule has 0 aromatic heterocycles. The van der Waals surface area contributed by atoms with E-state index in [2.05, 4.69) is 35.3 Å². The van der Waals surface area contributed by atoms with Crippen LogP contribution in [0.3, 0.4) is 0 Å². The summed E-state index contributed by atoms with van der Waals surface area (Å²) < 4.78 is 5.86. The maximum Gasteiger partial charge on any atom is 0.339 e. The quantitative estimate of drug-likeness (QED) is 0.330. The van der Waals surface area contributed by atoms with Crippen LogP contribution in [-0.2, 0) is 17.8 Å². The Kier molecular flexibility index (Phi) is 9.19. The second-order valence-electron chi connectivity index (χ2n) is 9.60. The first kappa shape index (κ1) is 26.3. The summed E-state index contributed by atoms with van der Waals surface area (Å²) in [5, 5.41) is 12.9. The maximum absolute atomic E-state index is 13.2. The minimum Gasteiger partial charge on any atom is -0.488 e. The van der Waals surface area contributed by atoms with Crippen LogP contribution in [0.4, 0.5) is 5.69 Å². The summed E-state index contributed by atoms with van der Waals surface area (Å²) in [6, 6.07) is 22.8. The molecule has 1 atom stereocenters. The normalized spacial score (nSPS) is 14.1. The molecule has 0 bridgehead atoms. The van der Waals surface area contributed by atoms with Crippen LogP contribution in [-0.4, -0.2) is 30.1 Å². The summed E-state index contributed by atoms with van der Waals surface area (Å²) in [7, 11) is 0. The predicted molar refractivity (Wildman–Crippen MR) is 146 cm³/mol. The summed E-state index contributed by atoms with van der Waals surface area (Å²) in [4.78, 5) is 27.4. The monoisotopic (exact) mass is 500 g/mol. The number of ether oxygens (including phenoxy) is 1. The van der Waals surface area contributed by atoms with Gasteiger partial charge in [0.25, 0.3) is 0 Å². The summed E-state index contributed by atoms with van der Waals surface area (Å²) in [5.41, 5.74) is 4.11. The second-order valence-corrected chi connectivity index (χ2v) is 9.60. The van der Waals surface area contributed by atoms with Gasteiger partial charge in [0.1, 0.15) is 17.9 Å². The van der Waals surface area contributed by atoms with Gasteiger partial charge in [-0.05, 0) is 60.6 Å². The number of anilines is 1. The van der Waals surface area contributed by atoms with Crippen molar-refractivity contribution in [2.45, 2.75) is 58.1 Å². The number of para-hydroxylation sites is 1. The van der Waals surface area contributed by atoms with E-state index in [0.717, 1.165) is 37.1 Å². The molecule has 3 aromatic rings. The Morgan fingerprint density at radius 2 is 1.68 bits per heavy atom. The lowest BCUT2D eigenvalue weighted by molar-refractivity contribution is -0.121. The molecule has 2 N–H and O–H groups in total. The number of nitrogens with one attached hydrogen (secondary N) is 1. The summed E-state index contributed by atoms with van der Waals surface area (Å²) in [6.45, 7) is 4.48. The van der Waals surface area contributed by atoms with Crippen molar-refractivity contribution in [2.24, 2.45) is 0 Å². The van der Waals surface area contributed by atoms with Crippen LogP contribution in [0.2, 0.25) is 0 Å². The zero-order valence-electron chi connectivity index (χ0n) is 21.5. The third-order valence-electron chi connectivity index (χ3n) is 6.80. The molecule has 0 spiro atoms. The fourth-order valence-electron chi connectivity index (χ4n) is 4.94. The molecule has 4 rings (SSSR count). The number of benzene rings is 3. The highest BCUT2D eigenvalue weighted by Gasteiger charge is 2.22. The molecule has 37 heavy (non-hydrogen) atoms. The fraction of sp³-hybridized carbons (Fsp3) is 0.355. The molecule has 1 aliphatic heterocycles. The number of amides is 1. The minimum atomic E-state index is -1.06. The van der Waals surface area contributed by atoms with E-state index in [1.54, 1.807) is 12.1 Å². The van der Waals surface area contributed by atoms with Gasteiger partial charge in [-0.15, -0.1) is 0 Å². The highest BCUT2D eigenvalue weighted by Crippen LogP contribution is 2.31. The standard InChI is InChI=1S/C31H36N2O4/c1-2-11-27(25-14-7-8-15-28(25)33-18-9-4-10-19-33)32-30(34)21-24-16-17-26(31(35)36)29(20-24)37-22-23-12-5-3-6-13-23/h3,5-8,12-17,20,27H,2,4,9-11,18-19,21-22H2,1H3,(H,32,34)(H,35,36). The number of carbonyl (C=O) groups is 2. The van der Waals surface area contributed by atoms with Crippen LogP contribution in [0.25, 0.3) is 0 Å². The average Bonchev–Trinajstić information content (AvgIpc) is 2.92. The first-order valence-corrected chi connectivity index (χ1v) is 13.2. The number of carboxylic acids is 1. The number of hydrogen-bond donors (Lipinski definition) is 2. The van der Waals surface area contributed by atoms with Gasteiger partial charge in [-0.3, -0.25) is 4.79 Å². The molecule has 1 fully saturated rings. The van der Waals surface area contributed by atoms with E-state index in [9.17, 15) is 14.7 Å². The molecule has 1 heterocycles. The molecule has 0 saturated carbocycles. The average molecular weight is 501 g/mol. The number of piperidine rings is 1. The van der Waals surface area contributed by atoms with Gasteiger partial charge in [-0.1, -0.05) is 67.9 Å². The third kappa shape index (κ3) is 7.13. The van der Waals surface area contributed by atoms with E-state index in [0.29, 0.717) is 5.56 Å². The van der Waals surface area contributed by atoms with Gasteiger partial charge < -0.3 is 20.1 Å². The summed E-state index contributed by atoms with van der Waals surface area (Å²) in [6.07, 6.45) is 5.60. The molecule has 1 aliphatic rings. The lowest BCUT2D eigenvalue weighted by Gasteiger charge is -2.32. The fourth-order valence-corrected chi connectivity index (χ4v) is 4.94. The van der Waals surface area contributed by atoms with Crippen LogP contribution in [0, 0.1) is 0 Å². The first-order valence-electron chi connectivity index (χ1n) is 13.2. The van der Waals surface area contributed by atoms with Crippen molar-refractivity contribution < 1.29 is 19.4 Å². The Hall–Kier alpha value is -3.80. The molecule has 1 unspecified atom stereocenters. The van der Waals surface area contributed by atoms with Crippen LogP contribution in [0.5, 0.6) is 5.75 Å². The largest absolute Gasteiger partial charge is 0.488 e. The van der Waals surface area contributed by atoms with Crippen molar-refractivity contribution >= 4 is 17.6 Å². The van der Waals surface area contributed by atoms with E-state index in [4.69, 9.17) is 4.74 Å². The van der Waals surface area contributed by atoms with Crippen molar-refractivity contribution in [3.05, 3.63) is 95.1 Å². The zero-order valence-corrected chi connectivity index (χ0v) is 21.5. The number of rotatable bonds is 11. The predicted octanol–water partition coefficient (Wildman–Crippen LogP) is 6.15. The van der Waals surface area contributed by atoms with Gasteiger partial charge in [0.2, 0.25) is 5.91 Å². The topological polar surface area (TPSA) is 78.9 Å². The van der Waals surface area contributed by atoms with Crippen molar-refractivity contribution in [3.63, 3.8) is 0 Å². The number of carbonyl (C=O) groups excluding carboxylic acids is 1. The van der Waals surface area contributed by atoms with Crippen LogP contribution < -0.4 is 15.0 Å². The van der Waals surface area contributed by atoms with Crippen molar-refractivity contribution in [1.29, 1.82) is 0 Å². The van der Waals surface area contributed by atoms with Gasteiger partial charge in [0.15, 0.2) is 0 Å². The molecule has 1 amide bonds. The lowest BCUT2D eigenvalue weighted by Crippen LogP contribution is -2.34.